The summed E-state index contributed by atoms with van der Waals surface area (Å²) in [5.74, 6) is 0.626. The minimum Gasteiger partial charge on any atom is -0.497 e. The van der Waals surface area contributed by atoms with E-state index >= 15 is 0 Å². The Morgan fingerprint density at radius 2 is 1.86 bits per heavy atom. The van der Waals surface area contributed by atoms with Gasteiger partial charge in [0.2, 0.25) is 10.0 Å². The van der Waals surface area contributed by atoms with Crippen molar-refractivity contribution in [1.29, 1.82) is 0 Å². The highest BCUT2D eigenvalue weighted by Gasteiger charge is 2.13. The summed E-state index contributed by atoms with van der Waals surface area (Å²) in [6.07, 6.45) is 1.27. The molecule has 118 valence electrons. The fourth-order valence-corrected chi connectivity index (χ4v) is 3.45. The average molecular weight is 340 g/mol. The van der Waals surface area contributed by atoms with Crippen LogP contribution >= 0.6 is 11.6 Å². The topological polar surface area (TPSA) is 55.4 Å². The maximum Gasteiger partial charge on any atom is 0.232 e. The first-order valence-corrected chi connectivity index (χ1v) is 8.91. The van der Waals surface area contributed by atoms with Crippen LogP contribution in [0.1, 0.15) is 12.0 Å². The number of ether oxygens (including phenoxy) is 1. The number of benzene rings is 2. The molecule has 0 bridgehead atoms. The highest BCUT2D eigenvalue weighted by molar-refractivity contribution is 7.92. The third-order valence-electron chi connectivity index (χ3n) is 3.16. The van der Waals surface area contributed by atoms with Crippen LogP contribution in [0.5, 0.6) is 5.75 Å². The minimum atomic E-state index is -3.42. The van der Waals surface area contributed by atoms with E-state index in [-0.39, 0.29) is 5.75 Å². The van der Waals surface area contributed by atoms with Gasteiger partial charge in [0.05, 0.1) is 23.6 Å². The molecule has 0 aliphatic carbocycles. The number of methoxy groups -OCH3 is 1. The van der Waals surface area contributed by atoms with Crippen molar-refractivity contribution < 1.29 is 13.2 Å². The van der Waals surface area contributed by atoms with Crippen LogP contribution in [-0.2, 0) is 16.4 Å². The third kappa shape index (κ3) is 4.93. The SMILES string of the molecule is COc1ccc(NS(=O)(=O)CCCc2ccccc2)c(Cl)c1. The van der Waals surface area contributed by atoms with E-state index in [4.69, 9.17) is 16.3 Å². The molecule has 0 heterocycles. The Morgan fingerprint density at radius 1 is 1.14 bits per heavy atom. The molecular formula is C16H18ClNO3S. The average Bonchev–Trinajstić information content (AvgIpc) is 2.50. The van der Waals surface area contributed by atoms with Gasteiger partial charge in [0, 0.05) is 6.07 Å². The quantitative estimate of drug-likeness (QED) is 0.836. The summed E-state index contributed by atoms with van der Waals surface area (Å²) >= 11 is 6.04. The number of aryl methyl sites for hydroxylation is 1. The van der Waals surface area contributed by atoms with Gasteiger partial charge in [0.15, 0.2) is 0 Å². The zero-order chi connectivity index (χ0) is 16.0. The molecule has 22 heavy (non-hydrogen) atoms. The first kappa shape index (κ1) is 16.6. The Hall–Kier alpha value is -1.72. The van der Waals surface area contributed by atoms with Crippen molar-refractivity contribution in [2.45, 2.75) is 12.8 Å². The fourth-order valence-electron chi connectivity index (χ4n) is 2.04. The maximum atomic E-state index is 12.1. The van der Waals surface area contributed by atoms with Crippen LogP contribution in [-0.4, -0.2) is 21.3 Å². The highest BCUT2D eigenvalue weighted by atomic mass is 35.5. The van der Waals surface area contributed by atoms with Crippen LogP contribution in [0.25, 0.3) is 0 Å². The zero-order valence-corrected chi connectivity index (χ0v) is 13.8. The molecule has 1 N–H and O–H groups in total. The summed E-state index contributed by atoms with van der Waals surface area (Å²) in [7, 11) is -1.90. The molecule has 0 aliphatic rings. The molecule has 0 atom stereocenters. The molecule has 0 saturated heterocycles. The fraction of sp³-hybridized carbons (Fsp3) is 0.250. The molecule has 0 spiro atoms. The molecule has 0 saturated carbocycles. The van der Waals surface area contributed by atoms with Crippen molar-refractivity contribution in [1.82, 2.24) is 0 Å². The second-order valence-electron chi connectivity index (χ2n) is 4.86. The van der Waals surface area contributed by atoms with Crippen LogP contribution in [0.4, 0.5) is 5.69 Å². The van der Waals surface area contributed by atoms with Gasteiger partial charge >= 0.3 is 0 Å². The Morgan fingerprint density at radius 3 is 2.50 bits per heavy atom. The number of halogens is 1. The van der Waals surface area contributed by atoms with Gasteiger partial charge in [-0.25, -0.2) is 8.42 Å². The number of rotatable bonds is 7. The maximum absolute atomic E-state index is 12.1. The lowest BCUT2D eigenvalue weighted by Gasteiger charge is -2.10. The Labute approximate surface area is 136 Å². The van der Waals surface area contributed by atoms with Gasteiger partial charge in [0.25, 0.3) is 0 Å². The molecule has 0 aliphatic heterocycles. The van der Waals surface area contributed by atoms with Crippen LogP contribution in [0.3, 0.4) is 0 Å². The molecule has 0 unspecified atom stereocenters. The van der Waals surface area contributed by atoms with Gasteiger partial charge in [-0.3, -0.25) is 4.72 Å². The highest BCUT2D eigenvalue weighted by Crippen LogP contribution is 2.27. The van der Waals surface area contributed by atoms with Gasteiger partial charge < -0.3 is 4.74 Å². The van der Waals surface area contributed by atoms with Gasteiger partial charge in [-0.15, -0.1) is 0 Å². The van der Waals surface area contributed by atoms with E-state index in [0.717, 1.165) is 12.0 Å². The molecule has 2 aromatic carbocycles. The Bertz CT molecular complexity index is 717. The molecule has 4 nitrogen and oxygen atoms in total. The minimum absolute atomic E-state index is 0.0459. The lowest BCUT2D eigenvalue weighted by atomic mass is 10.1. The normalized spacial score (nSPS) is 11.2. The number of nitrogens with one attached hydrogen (secondary N) is 1. The van der Waals surface area contributed by atoms with Crippen LogP contribution in [0, 0.1) is 0 Å². The number of sulfonamides is 1. The van der Waals surface area contributed by atoms with E-state index in [1.165, 1.54) is 7.11 Å². The smallest absolute Gasteiger partial charge is 0.232 e. The van der Waals surface area contributed by atoms with E-state index in [9.17, 15) is 8.42 Å². The number of hydrogen-bond donors (Lipinski definition) is 1. The number of hydrogen-bond acceptors (Lipinski definition) is 3. The van der Waals surface area contributed by atoms with Gasteiger partial charge in [0.1, 0.15) is 5.75 Å². The second kappa shape index (κ2) is 7.51. The summed E-state index contributed by atoms with van der Waals surface area (Å²) in [5, 5.41) is 0.311. The monoisotopic (exact) mass is 339 g/mol. The summed E-state index contributed by atoms with van der Waals surface area (Å²) in [6, 6.07) is 14.6. The molecule has 0 fully saturated rings. The van der Waals surface area contributed by atoms with E-state index in [1.807, 2.05) is 30.3 Å². The van der Waals surface area contributed by atoms with Gasteiger partial charge in [-0.1, -0.05) is 41.9 Å². The molecular weight excluding hydrogens is 322 g/mol. The summed E-state index contributed by atoms with van der Waals surface area (Å²) in [5.41, 5.74) is 1.49. The lowest BCUT2D eigenvalue weighted by molar-refractivity contribution is 0.415. The van der Waals surface area contributed by atoms with Gasteiger partial charge in [-0.05, 0) is 30.5 Å². The van der Waals surface area contributed by atoms with Crippen molar-refractivity contribution in [2.75, 3.05) is 17.6 Å². The van der Waals surface area contributed by atoms with Crippen LogP contribution in [0.15, 0.2) is 48.5 Å². The molecule has 2 aromatic rings. The summed E-state index contributed by atoms with van der Waals surface area (Å²) < 4.78 is 31.7. The molecule has 0 aromatic heterocycles. The van der Waals surface area contributed by atoms with Crippen molar-refractivity contribution in [2.24, 2.45) is 0 Å². The predicted molar refractivity (Wildman–Crippen MR) is 90.2 cm³/mol. The largest absolute Gasteiger partial charge is 0.497 e. The summed E-state index contributed by atoms with van der Waals surface area (Å²) in [6.45, 7) is 0. The molecule has 0 radical (unpaired) electrons. The standard InChI is InChI=1S/C16H18ClNO3S/c1-21-14-9-10-16(15(17)12-14)18-22(19,20)11-5-8-13-6-3-2-4-7-13/h2-4,6-7,9-10,12,18H,5,8,11H2,1H3. The first-order chi connectivity index (χ1) is 10.5. The predicted octanol–water partition coefficient (Wildman–Crippen LogP) is 3.72. The van der Waals surface area contributed by atoms with E-state index < -0.39 is 10.0 Å². The molecule has 2 rings (SSSR count). The van der Waals surface area contributed by atoms with Crippen LogP contribution < -0.4 is 9.46 Å². The molecule has 0 amide bonds. The van der Waals surface area contributed by atoms with Crippen molar-refractivity contribution in [3.8, 4) is 5.75 Å². The lowest BCUT2D eigenvalue weighted by Crippen LogP contribution is -2.17. The van der Waals surface area contributed by atoms with Crippen molar-refractivity contribution in [3.63, 3.8) is 0 Å². The van der Waals surface area contributed by atoms with Crippen molar-refractivity contribution in [3.05, 3.63) is 59.1 Å². The van der Waals surface area contributed by atoms with E-state index in [1.54, 1.807) is 18.2 Å². The first-order valence-electron chi connectivity index (χ1n) is 6.88. The summed E-state index contributed by atoms with van der Waals surface area (Å²) in [4.78, 5) is 0. The third-order valence-corrected chi connectivity index (χ3v) is 4.83. The van der Waals surface area contributed by atoms with Crippen molar-refractivity contribution >= 4 is 27.3 Å². The van der Waals surface area contributed by atoms with E-state index in [2.05, 4.69) is 4.72 Å². The second-order valence-corrected chi connectivity index (χ2v) is 7.10. The van der Waals surface area contributed by atoms with Gasteiger partial charge in [-0.2, -0.15) is 0 Å². The van der Waals surface area contributed by atoms with E-state index in [0.29, 0.717) is 22.9 Å². The number of anilines is 1. The Balaban J connectivity index is 1.93. The zero-order valence-electron chi connectivity index (χ0n) is 12.3. The molecule has 6 heteroatoms. The van der Waals surface area contributed by atoms with Crippen LogP contribution in [0.2, 0.25) is 5.02 Å². The Kier molecular flexibility index (Phi) is 5.69.